The molecule has 0 N–H and O–H groups in total. The molecule has 1 aliphatic carbocycles. The first kappa shape index (κ1) is 19.4. The SMILES string of the molecule is CCC(=O)N(C1CCCCC1)[C@H]1CCN(CCc2ccccc2)C[C@H]1C. The molecule has 0 unspecified atom stereocenters. The highest BCUT2D eigenvalue weighted by atomic mass is 16.2. The first-order chi connectivity index (χ1) is 12.7. The van der Waals surface area contributed by atoms with E-state index in [2.05, 4.69) is 47.1 Å². The lowest BCUT2D eigenvalue weighted by molar-refractivity contribution is -0.139. The van der Waals surface area contributed by atoms with Gasteiger partial charge in [-0.05, 0) is 37.2 Å². The topological polar surface area (TPSA) is 23.6 Å². The monoisotopic (exact) mass is 356 g/mol. The van der Waals surface area contributed by atoms with Crippen LogP contribution in [0.15, 0.2) is 30.3 Å². The molecule has 1 aliphatic heterocycles. The van der Waals surface area contributed by atoms with Crippen molar-refractivity contribution in [2.24, 2.45) is 5.92 Å². The summed E-state index contributed by atoms with van der Waals surface area (Å²) in [6.07, 6.45) is 9.27. The molecule has 3 rings (SSSR count). The van der Waals surface area contributed by atoms with Crippen molar-refractivity contribution in [3.8, 4) is 0 Å². The summed E-state index contributed by atoms with van der Waals surface area (Å²) in [5.41, 5.74) is 1.42. The van der Waals surface area contributed by atoms with Gasteiger partial charge in [-0.25, -0.2) is 0 Å². The van der Waals surface area contributed by atoms with Crippen molar-refractivity contribution in [1.29, 1.82) is 0 Å². The van der Waals surface area contributed by atoms with Gasteiger partial charge in [-0.2, -0.15) is 0 Å². The maximum atomic E-state index is 12.8. The van der Waals surface area contributed by atoms with E-state index < -0.39 is 0 Å². The summed E-state index contributed by atoms with van der Waals surface area (Å²) in [6, 6.07) is 11.7. The molecule has 2 fully saturated rings. The average molecular weight is 357 g/mol. The third kappa shape index (κ3) is 4.88. The lowest BCUT2D eigenvalue weighted by atomic mass is 9.87. The molecule has 0 spiro atoms. The first-order valence-electron chi connectivity index (χ1n) is 10.8. The molecule has 2 aliphatic rings. The number of carbonyl (C=O) groups is 1. The van der Waals surface area contributed by atoms with Crippen LogP contribution >= 0.6 is 0 Å². The van der Waals surface area contributed by atoms with Crippen LogP contribution in [0.2, 0.25) is 0 Å². The molecule has 1 heterocycles. The van der Waals surface area contributed by atoms with Gasteiger partial charge in [-0.3, -0.25) is 4.79 Å². The van der Waals surface area contributed by atoms with Gasteiger partial charge in [0.1, 0.15) is 0 Å². The van der Waals surface area contributed by atoms with Crippen LogP contribution < -0.4 is 0 Å². The van der Waals surface area contributed by atoms with E-state index in [0.717, 1.165) is 32.5 Å². The molecule has 3 heteroatoms. The molecule has 0 bridgehead atoms. The molecule has 3 nitrogen and oxygen atoms in total. The second-order valence-corrected chi connectivity index (χ2v) is 8.32. The van der Waals surface area contributed by atoms with E-state index in [1.807, 2.05) is 6.92 Å². The second-order valence-electron chi connectivity index (χ2n) is 8.32. The van der Waals surface area contributed by atoms with Gasteiger partial charge in [0, 0.05) is 38.1 Å². The standard InChI is InChI=1S/C23H36N2O/c1-3-23(26)25(21-12-8-5-9-13-21)22-15-17-24(18-19(22)2)16-14-20-10-6-4-7-11-20/h4,6-7,10-11,19,21-22H,3,5,8-9,12-18H2,1-2H3/t19-,22+/m1/s1. The summed E-state index contributed by atoms with van der Waals surface area (Å²) in [5.74, 6) is 0.948. The Morgan fingerprint density at radius 2 is 1.85 bits per heavy atom. The number of benzene rings is 1. The fourth-order valence-electron chi connectivity index (χ4n) is 4.97. The molecule has 1 aromatic rings. The van der Waals surface area contributed by atoms with Crippen molar-refractivity contribution in [1.82, 2.24) is 9.80 Å². The molecule has 0 aromatic heterocycles. The average Bonchev–Trinajstić information content (AvgIpc) is 2.69. The molecular formula is C23H36N2O. The zero-order chi connectivity index (χ0) is 18.4. The van der Waals surface area contributed by atoms with E-state index in [9.17, 15) is 4.79 Å². The number of piperidine rings is 1. The van der Waals surface area contributed by atoms with Gasteiger partial charge >= 0.3 is 0 Å². The van der Waals surface area contributed by atoms with Crippen LogP contribution in [-0.2, 0) is 11.2 Å². The quantitative estimate of drug-likeness (QED) is 0.749. The first-order valence-corrected chi connectivity index (χ1v) is 10.8. The van der Waals surface area contributed by atoms with Gasteiger partial charge in [0.05, 0.1) is 0 Å². The van der Waals surface area contributed by atoms with Crippen LogP contribution in [0, 0.1) is 5.92 Å². The van der Waals surface area contributed by atoms with Crippen LogP contribution in [0.3, 0.4) is 0 Å². The Balaban J connectivity index is 1.57. The third-order valence-corrected chi connectivity index (χ3v) is 6.42. The molecule has 0 radical (unpaired) electrons. The highest BCUT2D eigenvalue weighted by Crippen LogP contribution is 2.30. The lowest BCUT2D eigenvalue weighted by Gasteiger charge is -2.47. The molecular weight excluding hydrogens is 320 g/mol. The Kier molecular flexibility index (Phi) is 7.13. The Bertz CT molecular complexity index is 553. The maximum Gasteiger partial charge on any atom is 0.222 e. The molecule has 1 aromatic carbocycles. The minimum atomic E-state index is 0.381. The lowest BCUT2D eigenvalue weighted by Crippen LogP contribution is -2.56. The van der Waals surface area contributed by atoms with Gasteiger partial charge in [-0.15, -0.1) is 0 Å². The van der Waals surface area contributed by atoms with Crippen molar-refractivity contribution in [2.45, 2.75) is 77.3 Å². The van der Waals surface area contributed by atoms with E-state index in [1.54, 1.807) is 0 Å². The summed E-state index contributed by atoms with van der Waals surface area (Å²) in [7, 11) is 0. The number of hydrogen-bond donors (Lipinski definition) is 0. The van der Waals surface area contributed by atoms with E-state index in [1.165, 1.54) is 37.7 Å². The summed E-state index contributed by atoms with van der Waals surface area (Å²) in [4.78, 5) is 17.7. The Labute approximate surface area is 159 Å². The van der Waals surface area contributed by atoms with E-state index in [4.69, 9.17) is 0 Å². The highest BCUT2D eigenvalue weighted by Gasteiger charge is 2.36. The molecule has 26 heavy (non-hydrogen) atoms. The van der Waals surface area contributed by atoms with Crippen molar-refractivity contribution < 1.29 is 4.79 Å². The fourth-order valence-corrected chi connectivity index (χ4v) is 4.97. The van der Waals surface area contributed by atoms with Gasteiger partial charge in [0.15, 0.2) is 0 Å². The van der Waals surface area contributed by atoms with Crippen LogP contribution in [0.5, 0.6) is 0 Å². The number of likely N-dealkylation sites (tertiary alicyclic amines) is 1. The fraction of sp³-hybridized carbons (Fsp3) is 0.696. The molecule has 1 amide bonds. The van der Waals surface area contributed by atoms with Gasteiger partial charge in [0.25, 0.3) is 0 Å². The van der Waals surface area contributed by atoms with Gasteiger partial charge in [-0.1, -0.05) is 63.4 Å². The molecule has 1 saturated heterocycles. The largest absolute Gasteiger partial charge is 0.336 e. The number of hydrogen-bond acceptors (Lipinski definition) is 2. The summed E-state index contributed by atoms with van der Waals surface area (Å²) in [5, 5.41) is 0. The van der Waals surface area contributed by atoms with E-state index in [0.29, 0.717) is 30.3 Å². The zero-order valence-corrected chi connectivity index (χ0v) is 16.7. The van der Waals surface area contributed by atoms with Crippen LogP contribution in [-0.4, -0.2) is 47.4 Å². The summed E-state index contributed by atoms with van der Waals surface area (Å²) in [6.45, 7) is 7.77. The van der Waals surface area contributed by atoms with Crippen molar-refractivity contribution in [3.05, 3.63) is 35.9 Å². The number of nitrogens with zero attached hydrogens (tertiary/aromatic N) is 2. The smallest absolute Gasteiger partial charge is 0.222 e. The Hall–Kier alpha value is -1.35. The minimum absolute atomic E-state index is 0.381. The summed E-state index contributed by atoms with van der Waals surface area (Å²) >= 11 is 0. The van der Waals surface area contributed by atoms with E-state index in [-0.39, 0.29) is 0 Å². The van der Waals surface area contributed by atoms with Crippen molar-refractivity contribution >= 4 is 5.91 Å². The van der Waals surface area contributed by atoms with Crippen LogP contribution in [0.4, 0.5) is 0 Å². The Morgan fingerprint density at radius 1 is 1.12 bits per heavy atom. The van der Waals surface area contributed by atoms with Crippen LogP contribution in [0.25, 0.3) is 0 Å². The van der Waals surface area contributed by atoms with Gasteiger partial charge < -0.3 is 9.80 Å². The maximum absolute atomic E-state index is 12.8. The second kappa shape index (κ2) is 9.55. The highest BCUT2D eigenvalue weighted by molar-refractivity contribution is 5.76. The number of rotatable bonds is 6. The van der Waals surface area contributed by atoms with Crippen molar-refractivity contribution in [3.63, 3.8) is 0 Å². The number of amides is 1. The predicted octanol–water partition coefficient (Wildman–Crippen LogP) is 4.51. The normalized spacial score (nSPS) is 25.2. The third-order valence-electron chi connectivity index (χ3n) is 6.42. The molecule has 144 valence electrons. The predicted molar refractivity (Wildman–Crippen MR) is 108 cm³/mol. The van der Waals surface area contributed by atoms with Crippen molar-refractivity contribution in [2.75, 3.05) is 19.6 Å². The molecule has 2 atom stereocenters. The number of carbonyl (C=O) groups excluding carboxylic acids is 1. The van der Waals surface area contributed by atoms with Crippen LogP contribution in [0.1, 0.15) is 64.4 Å². The van der Waals surface area contributed by atoms with Gasteiger partial charge in [0.2, 0.25) is 5.91 Å². The zero-order valence-electron chi connectivity index (χ0n) is 16.7. The summed E-state index contributed by atoms with van der Waals surface area (Å²) < 4.78 is 0. The van der Waals surface area contributed by atoms with E-state index >= 15 is 0 Å². The minimum Gasteiger partial charge on any atom is -0.336 e. The Morgan fingerprint density at radius 3 is 2.50 bits per heavy atom. The molecule has 1 saturated carbocycles.